The Bertz CT molecular complexity index is 877. The van der Waals surface area contributed by atoms with Crippen molar-refractivity contribution in [2.45, 2.75) is 106 Å². The monoisotopic (exact) mass is 595 g/mol. The lowest BCUT2D eigenvalue weighted by Crippen LogP contribution is -2.68. The molecule has 238 valence electrons. The number of alkyl halides is 1. The Morgan fingerprint density at radius 2 is 1.85 bits per heavy atom. The van der Waals surface area contributed by atoms with Gasteiger partial charge in [-0.05, 0) is 26.2 Å². The van der Waals surface area contributed by atoms with Crippen LogP contribution in [-0.2, 0) is 23.7 Å². The molecule has 0 bridgehead atoms. The molecule has 3 aliphatic rings. The molecule has 2 saturated heterocycles. The quantitative estimate of drug-likeness (QED) is 0.0466. The van der Waals surface area contributed by atoms with Gasteiger partial charge in [-0.15, -0.1) is 0 Å². The van der Waals surface area contributed by atoms with Crippen LogP contribution in [0.2, 0.25) is 0 Å². The zero-order valence-corrected chi connectivity index (χ0v) is 23.3. The van der Waals surface area contributed by atoms with E-state index in [1.54, 1.807) is 6.92 Å². The van der Waals surface area contributed by atoms with Crippen LogP contribution in [0.15, 0.2) is 0 Å². The largest absolute Gasteiger partial charge is 0.388 e. The zero-order valence-electron chi connectivity index (χ0n) is 23.3. The average molecular weight is 596 g/mol. The third kappa shape index (κ3) is 8.49. The van der Waals surface area contributed by atoms with Gasteiger partial charge in [-0.3, -0.25) is 21.5 Å². The molecule has 1 aliphatic carbocycles. The van der Waals surface area contributed by atoms with Crippen molar-refractivity contribution in [1.82, 2.24) is 16.1 Å². The topological polar surface area (TPSA) is 273 Å². The summed E-state index contributed by atoms with van der Waals surface area (Å²) >= 11 is 0. The SMILES string of the molecule is C[C@@H]1C(O)[C@@H](OC2C(O)C(O[C@H]3O[C@H](CNC(=N)CF)CCC3N)[C@@H](N)C[C@H]2NC(=O)[C@@H](O)CNN)OCC1(C)O. The van der Waals surface area contributed by atoms with Crippen LogP contribution in [0.1, 0.15) is 33.1 Å². The number of hydrogen-bond donors (Lipinski definition) is 11. The van der Waals surface area contributed by atoms with Crippen LogP contribution in [0.3, 0.4) is 0 Å². The van der Waals surface area contributed by atoms with E-state index in [9.17, 15) is 29.6 Å². The number of amidine groups is 1. The third-order valence-electron chi connectivity index (χ3n) is 8.03. The normalized spacial score (nSPS) is 42.3. The second-order valence-electron chi connectivity index (χ2n) is 11.3. The fourth-order valence-electron chi connectivity index (χ4n) is 5.18. The number of nitrogens with two attached hydrogens (primary N) is 3. The number of aliphatic hydroxyl groups excluding tert-OH is 3. The highest BCUT2D eigenvalue weighted by Gasteiger charge is 2.51. The Balaban J connectivity index is 1.77. The van der Waals surface area contributed by atoms with Crippen molar-refractivity contribution in [1.29, 1.82) is 5.41 Å². The average Bonchev–Trinajstić information content (AvgIpc) is 2.93. The number of carbonyl (C=O) groups excluding carboxylic acids is 1. The molecule has 2 aliphatic heterocycles. The van der Waals surface area contributed by atoms with E-state index in [1.807, 2.05) is 0 Å². The molecule has 13 atom stereocenters. The summed E-state index contributed by atoms with van der Waals surface area (Å²) in [5.74, 6) is 3.47. The van der Waals surface area contributed by atoms with Gasteiger partial charge in [0.15, 0.2) is 12.6 Å². The van der Waals surface area contributed by atoms with E-state index >= 15 is 0 Å². The second kappa shape index (κ2) is 14.7. The van der Waals surface area contributed by atoms with Crippen LogP contribution in [-0.4, -0.2) is 131 Å². The van der Waals surface area contributed by atoms with Crippen LogP contribution in [0, 0.1) is 11.3 Å². The van der Waals surface area contributed by atoms with E-state index in [0.29, 0.717) is 12.8 Å². The fourth-order valence-corrected chi connectivity index (χ4v) is 5.18. The molecule has 14 N–H and O–H groups in total. The number of nitrogens with one attached hydrogen (secondary N) is 4. The maximum atomic E-state index is 12.6. The van der Waals surface area contributed by atoms with Gasteiger partial charge >= 0.3 is 0 Å². The molecule has 17 heteroatoms. The number of amides is 1. The molecule has 0 aromatic carbocycles. The second-order valence-corrected chi connectivity index (χ2v) is 11.3. The Morgan fingerprint density at radius 1 is 1.17 bits per heavy atom. The van der Waals surface area contributed by atoms with E-state index in [4.69, 9.17) is 41.7 Å². The van der Waals surface area contributed by atoms with Gasteiger partial charge in [-0.1, -0.05) is 6.92 Å². The maximum absolute atomic E-state index is 12.6. The van der Waals surface area contributed by atoms with E-state index in [-0.39, 0.29) is 32.0 Å². The molecule has 1 amide bonds. The summed E-state index contributed by atoms with van der Waals surface area (Å²) in [4.78, 5) is 12.6. The summed E-state index contributed by atoms with van der Waals surface area (Å²) < 4.78 is 36.3. The van der Waals surface area contributed by atoms with E-state index in [0.717, 1.165) is 0 Å². The van der Waals surface area contributed by atoms with Gasteiger partial charge in [0.1, 0.15) is 43.0 Å². The Kier molecular flexibility index (Phi) is 12.2. The summed E-state index contributed by atoms with van der Waals surface area (Å²) in [6, 6.07) is -2.38. The smallest absolute Gasteiger partial charge is 0.250 e. The first-order valence-electron chi connectivity index (χ1n) is 13.8. The van der Waals surface area contributed by atoms with Crippen molar-refractivity contribution in [2.75, 3.05) is 26.4 Å². The van der Waals surface area contributed by atoms with Crippen LogP contribution in [0.4, 0.5) is 4.39 Å². The number of rotatable bonds is 11. The van der Waals surface area contributed by atoms with E-state index in [1.165, 1.54) is 6.92 Å². The highest BCUT2D eigenvalue weighted by Crippen LogP contribution is 2.34. The van der Waals surface area contributed by atoms with Crippen LogP contribution < -0.4 is 33.4 Å². The maximum Gasteiger partial charge on any atom is 0.250 e. The van der Waals surface area contributed by atoms with Crippen LogP contribution in [0.5, 0.6) is 0 Å². The molecule has 0 aromatic heterocycles. The summed E-state index contributed by atoms with van der Waals surface area (Å²) in [5, 5.41) is 55.5. The third-order valence-corrected chi connectivity index (χ3v) is 8.03. The fraction of sp³-hybridized carbons (Fsp3) is 0.917. The van der Waals surface area contributed by atoms with Gasteiger partial charge in [0, 0.05) is 25.0 Å². The highest BCUT2D eigenvalue weighted by atomic mass is 19.1. The number of halogens is 1. The van der Waals surface area contributed by atoms with Crippen LogP contribution in [0.25, 0.3) is 0 Å². The minimum absolute atomic E-state index is 0.0254. The zero-order chi connectivity index (χ0) is 30.5. The molecule has 0 aromatic rings. The van der Waals surface area contributed by atoms with Crippen molar-refractivity contribution >= 4 is 11.7 Å². The van der Waals surface area contributed by atoms with Gasteiger partial charge in [0.2, 0.25) is 0 Å². The molecule has 0 spiro atoms. The molecule has 16 nitrogen and oxygen atoms in total. The highest BCUT2D eigenvalue weighted by molar-refractivity contribution is 5.81. The molecule has 6 unspecified atom stereocenters. The van der Waals surface area contributed by atoms with Crippen molar-refractivity contribution < 1.29 is 48.6 Å². The predicted octanol–water partition coefficient (Wildman–Crippen LogP) is -4.37. The number of ether oxygens (including phenoxy) is 4. The summed E-state index contributed by atoms with van der Waals surface area (Å²) in [7, 11) is 0. The van der Waals surface area contributed by atoms with Crippen molar-refractivity contribution in [3.05, 3.63) is 0 Å². The molecule has 41 heavy (non-hydrogen) atoms. The molecule has 3 rings (SSSR count). The summed E-state index contributed by atoms with van der Waals surface area (Å²) in [6.07, 6.45) is -8.29. The Morgan fingerprint density at radius 3 is 2.51 bits per heavy atom. The molecular weight excluding hydrogens is 549 g/mol. The minimum atomic E-state index is -1.51. The van der Waals surface area contributed by atoms with Gasteiger partial charge in [-0.25, -0.2) is 4.39 Å². The lowest BCUT2D eigenvalue weighted by atomic mass is 9.82. The Hall–Kier alpha value is -1.61. The summed E-state index contributed by atoms with van der Waals surface area (Å²) in [6.45, 7) is 1.97. The first-order chi connectivity index (χ1) is 19.3. The van der Waals surface area contributed by atoms with Gasteiger partial charge in [-0.2, -0.15) is 0 Å². The van der Waals surface area contributed by atoms with Gasteiger partial charge in [0.25, 0.3) is 5.91 Å². The lowest BCUT2D eigenvalue weighted by molar-refractivity contribution is -0.314. The molecule has 2 heterocycles. The first kappa shape index (κ1) is 33.9. The van der Waals surface area contributed by atoms with Gasteiger partial charge in [0.05, 0.1) is 30.4 Å². The number of carbonyl (C=O) groups is 1. The van der Waals surface area contributed by atoms with Crippen LogP contribution >= 0.6 is 0 Å². The molecule has 3 fully saturated rings. The van der Waals surface area contributed by atoms with E-state index in [2.05, 4.69) is 16.1 Å². The standard InChI is InChI=1S/C24H46FN7O9/c1-10-17(34)23(38-9-24(10,2)37)41-20-14(32-21(36)15(33)8-31-29)5-13(27)19(18(20)35)40-22-12(26)4-3-11(39-22)7-30-16(28)6-25/h10-15,17-20,22-23,31,33-35,37H,3-9,26-27,29H2,1-2H3,(H2,28,30)(H,32,36)/t10-,11+,12?,13+,14-,15+,17?,18?,19?,20?,22-,23-,24?/m1/s1. The van der Waals surface area contributed by atoms with Crippen molar-refractivity contribution in [3.8, 4) is 0 Å². The minimum Gasteiger partial charge on any atom is -0.388 e. The number of hydrogen-bond acceptors (Lipinski definition) is 14. The van der Waals surface area contributed by atoms with Crippen molar-refractivity contribution in [3.63, 3.8) is 0 Å². The van der Waals surface area contributed by atoms with Gasteiger partial charge < -0.3 is 61.5 Å². The number of aliphatic hydroxyl groups is 4. The Labute approximate surface area is 237 Å². The number of hydrazine groups is 1. The van der Waals surface area contributed by atoms with Crippen molar-refractivity contribution in [2.24, 2.45) is 23.2 Å². The van der Waals surface area contributed by atoms with E-state index < -0.39 is 91.4 Å². The molecule has 0 radical (unpaired) electrons. The molecule has 1 saturated carbocycles. The predicted molar refractivity (Wildman–Crippen MR) is 142 cm³/mol. The molecular formula is C24H46FN7O9. The lowest BCUT2D eigenvalue weighted by Gasteiger charge is -2.48. The summed E-state index contributed by atoms with van der Waals surface area (Å²) in [5.41, 5.74) is 13.5. The first-order valence-corrected chi connectivity index (χ1v) is 13.8.